The van der Waals surface area contributed by atoms with Gasteiger partial charge in [0.15, 0.2) is 0 Å². The molecule has 2 aromatic rings. The molecule has 0 fully saturated rings. The van der Waals surface area contributed by atoms with Crippen LogP contribution >= 0.6 is 0 Å². The summed E-state index contributed by atoms with van der Waals surface area (Å²) in [7, 11) is 1.96. The number of rotatable bonds is 3. The van der Waals surface area contributed by atoms with Crippen molar-refractivity contribution in [3.63, 3.8) is 0 Å². The summed E-state index contributed by atoms with van der Waals surface area (Å²) >= 11 is 0. The van der Waals surface area contributed by atoms with E-state index in [0.717, 1.165) is 17.7 Å². The van der Waals surface area contributed by atoms with Crippen LogP contribution in [0.3, 0.4) is 0 Å². The lowest BCUT2D eigenvalue weighted by atomic mass is 10.1. The van der Waals surface area contributed by atoms with E-state index in [1.54, 1.807) is 6.20 Å². The van der Waals surface area contributed by atoms with Crippen molar-refractivity contribution in [2.24, 2.45) is 12.8 Å². The lowest BCUT2D eigenvalue weighted by Gasteiger charge is -2.00. The first kappa shape index (κ1) is 10.8. The van der Waals surface area contributed by atoms with Gasteiger partial charge in [-0.3, -0.25) is 9.67 Å². The summed E-state index contributed by atoms with van der Waals surface area (Å²) < 4.78 is 1.91. The van der Waals surface area contributed by atoms with Gasteiger partial charge in [0.25, 0.3) is 0 Å². The van der Waals surface area contributed by atoms with Crippen molar-refractivity contribution >= 4 is 0 Å². The fraction of sp³-hybridized carbons (Fsp3) is 0.333. The third kappa shape index (κ3) is 1.84. The minimum Gasteiger partial charge on any atom is -0.330 e. The standard InChI is InChI=1S/C12H16N4/c1-9-11(5-6-13)16(2)15-12(9)10-4-3-7-14-8-10/h3-4,7-8H,5-6,13H2,1-2H3. The van der Waals surface area contributed by atoms with E-state index in [-0.39, 0.29) is 0 Å². The van der Waals surface area contributed by atoms with Crippen LogP contribution in [0.1, 0.15) is 11.3 Å². The molecule has 0 spiro atoms. The molecule has 0 atom stereocenters. The van der Waals surface area contributed by atoms with Crippen LogP contribution in [0, 0.1) is 6.92 Å². The van der Waals surface area contributed by atoms with E-state index in [1.165, 1.54) is 11.3 Å². The Morgan fingerprint density at radius 1 is 1.44 bits per heavy atom. The lowest BCUT2D eigenvalue weighted by molar-refractivity contribution is 0.706. The molecule has 0 aliphatic carbocycles. The zero-order valence-electron chi connectivity index (χ0n) is 9.64. The van der Waals surface area contributed by atoms with Gasteiger partial charge in [0.1, 0.15) is 0 Å². The summed E-state index contributed by atoms with van der Waals surface area (Å²) in [6.07, 6.45) is 4.46. The summed E-state index contributed by atoms with van der Waals surface area (Å²) in [6, 6.07) is 3.95. The molecule has 2 aromatic heterocycles. The number of hydrogen-bond acceptors (Lipinski definition) is 3. The zero-order valence-corrected chi connectivity index (χ0v) is 9.64. The summed E-state index contributed by atoms with van der Waals surface area (Å²) in [5.74, 6) is 0. The summed E-state index contributed by atoms with van der Waals surface area (Å²) in [6.45, 7) is 2.73. The highest BCUT2D eigenvalue weighted by Crippen LogP contribution is 2.23. The molecule has 0 unspecified atom stereocenters. The van der Waals surface area contributed by atoms with Crippen LogP contribution in [-0.2, 0) is 13.5 Å². The van der Waals surface area contributed by atoms with E-state index in [4.69, 9.17) is 5.73 Å². The quantitative estimate of drug-likeness (QED) is 0.841. The molecular weight excluding hydrogens is 200 g/mol. The van der Waals surface area contributed by atoms with Crippen molar-refractivity contribution in [1.82, 2.24) is 14.8 Å². The van der Waals surface area contributed by atoms with Crippen molar-refractivity contribution in [3.8, 4) is 11.3 Å². The van der Waals surface area contributed by atoms with Crippen molar-refractivity contribution < 1.29 is 0 Å². The first-order valence-corrected chi connectivity index (χ1v) is 5.37. The average Bonchev–Trinajstić information content (AvgIpc) is 2.59. The molecule has 0 bridgehead atoms. The molecule has 2 heterocycles. The predicted octanol–water partition coefficient (Wildman–Crippen LogP) is 1.29. The second-order valence-electron chi connectivity index (χ2n) is 3.82. The smallest absolute Gasteiger partial charge is 0.0970 e. The van der Waals surface area contributed by atoms with Gasteiger partial charge in [-0.2, -0.15) is 5.10 Å². The van der Waals surface area contributed by atoms with Gasteiger partial charge >= 0.3 is 0 Å². The second kappa shape index (κ2) is 4.45. The van der Waals surface area contributed by atoms with Gasteiger partial charge < -0.3 is 5.73 Å². The molecule has 2 rings (SSSR count). The SMILES string of the molecule is Cc1c(-c2cccnc2)nn(C)c1CCN. The molecular formula is C12H16N4. The molecule has 0 aromatic carbocycles. The Hall–Kier alpha value is -1.68. The van der Waals surface area contributed by atoms with Crippen LogP contribution in [0.2, 0.25) is 0 Å². The number of nitrogens with two attached hydrogens (primary N) is 1. The van der Waals surface area contributed by atoms with E-state index in [1.807, 2.05) is 30.1 Å². The maximum atomic E-state index is 5.59. The third-order valence-corrected chi connectivity index (χ3v) is 2.74. The fourth-order valence-electron chi connectivity index (χ4n) is 1.93. The molecule has 0 aliphatic rings. The van der Waals surface area contributed by atoms with E-state index < -0.39 is 0 Å². The summed E-state index contributed by atoms with van der Waals surface area (Å²) in [5, 5.41) is 4.52. The Labute approximate surface area is 95.1 Å². The Kier molecular flexibility index (Phi) is 3.01. The minimum atomic E-state index is 0.646. The zero-order chi connectivity index (χ0) is 11.5. The molecule has 16 heavy (non-hydrogen) atoms. The molecule has 4 nitrogen and oxygen atoms in total. The van der Waals surface area contributed by atoms with E-state index >= 15 is 0 Å². The van der Waals surface area contributed by atoms with Gasteiger partial charge in [-0.1, -0.05) is 0 Å². The Morgan fingerprint density at radius 2 is 2.25 bits per heavy atom. The van der Waals surface area contributed by atoms with Crippen LogP contribution in [0.5, 0.6) is 0 Å². The maximum absolute atomic E-state index is 5.59. The second-order valence-corrected chi connectivity index (χ2v) is 3.82. The van der Waals surface area contributed by atoms with Gasteiger partial charge in [0, 0.05) is 37.1 Å². The van der Waals surface area contributed by atoms with Gasteiger partial charge in [0.05, 0.1) is 5.69 Å². The molecule has 0 saturated carbocycles. The highest BCUT2D eigenvalue weighted by atomic mass is 15.3. The Morgan fingerprint density at radius 3 is 2.88 bits per heavy atom. The highest BCUT2D eigenvalue weighted by Gasteiger charge is 2.12. The van der Waals surface area contributed by atoms with Gasteiger partial charge in [-0.05, 0) is 31.2 Å². The Bertz CT molecular complexity index is 473. The molecule has 84 valence electrons. The largest absolute Gasteiger partial charge is 0.330 e. The van der Waals surface area contributed by atoms with E-state index in [2.05, 4.69) is 17.0 Å². The minimum absolute atomic E-state index is 0.646. The van der Waals surface area contributed by atoms with Crippen LogP contribution in [0.4, 0.5) is 0 Å². The van der Waals surface area contributed by atoms with Crippen molar-refractivity contribution in [2.45, 2.75) is 13.3 Å². The first-order chi connectivity index (χ1) is 7.74. The topological polar surface area (TPSA) is 56.7 Å². The lowest BCUT2D eigenvalue weighted by Crippen LogP contribution is -2.08. The van der Waals surface area contributed by atoms with Crippen molar-refractivity contribution in [2.75, 3.05) is 6.54 Å². The van der Waals surface area contributed by atoms with Crippen molar-refractivity contribution in [1.29, 1.82) is 0 Å². The Balaban J connectivity index is 2.47. The molecule has 4 heteroatoms. The number of hydrogen-bond donors (Lipinski definition) is 1. The molecule has 0 amide bonds. The first-order valence-electron chi connectivity index (χ1n) is 5.37. The highest BCUT2D eigenvalue weighted by molar-refractivity contribution is 5.62. The van der Waals surface area contributed by atoms with Crippen LogP contribution in [0.25, 0.3) is 11.3 Å². The van der Waals surface area contributed by atoms with Gasteiger partial charge in [0.2, 0.25) is 0 Å². The normalized spacial score (nSPS) is 10.7. The van der Waals surface area contributed by atoms with Crippen molar-refractivity contribution in [3.05, 3.63) is 35.8 Å². The van der Waals surface area contributed by atoms with Crippen LogP contribution < -0.4 is 5.73 Å². The van der Waals surface area contributed by atoms with Crippen LogP contribution in [-0.4, -0.2) is 21.3 Å². The van der Waals surface area contributed by atoms with E-state index in [0.29, 0.717) is 6.54 Å². The molecule has 0 aliphatic heterocycles. The number of pyridine rings is 1. The predicted molar refractivity (Wildman–Crippen MR) is 63.9 cm³/mol. The van der Waals surface area contributed by atoms with Gasteiger partial charge in [-0.15, -0.1) is 0 Å². The number of aryl methyl sites for hydroxylation is 1. The number of aromatic nitrogens is 3. The molecule has 0 radical (unpaired) electrons. The third-order valence-electron chi connectivity index (χ3n) is 2.74. The summed E-state index contributed by atoms with van der Waals surface area (Å²) in [5.41, 5.74) is 10.0. The van der Waals surface area contributed by atoms with Gasteiger partial charge in [-0.25, -0.2) is 0 Å². The monoisotopic (exact) mass is 216 g/mol. The number of nitrogens with zero attached hydrogens (tertiary/aromatic N) is 3. The summed E-state index contributed by atoms with van der Waals surface area (Å²) in [4.78, 5) is 4.11. The molecule has 2 N–H and O–H groups in total. The fourth-order valence-corrected chi connectivity index (χ4v) is 1.93. The van der Waals surface area contributed by atoms with E-state index in [9.17, 15) is 0 Å². The maximum Gasteiger partial charge on any atom is 0.0970 e. The average molecular weight is 216 g/mol. The molecule has 0 saturated heterocycles. The van der Waals surface area contributed by atoms with Crippen LogP contribution in [0.15, 0.2) is 24.5 Å².